The van der Waals surface area contributed by atoms with E-state index in [0.717, 1.165) is 21.9 Å². The molecule has 0 atom stereocenters. The number of non-ortho nitro benzene ring substituents is 1. The van der Waals surface area contributed by atoms with Gasteiger partial charge in [-0.3, -0.25) is 14.9 Å². The average molecular weight is 509 g/mol. The number of carbonyl (C=O) groups is 1. The van der Waals surface area contributed by atoms with E-state index in [4.69, 9.17) is 13.9 Å². The number of nitro benzene ring substituents is 1. The third kappa shape index (κ3) is 5.82. The molecule has 0 saturated carbocycles. The Morgan fingerprint density at radius 2 is 1.58 bits per heavy atom. The number of hydrogen-bond acceptors (Lipinski definition) is 6. The van der Waals surface area contributed by atoms with E-state index < -0.39 is 10.8 Å². The summed E-state index contributed by atoms with van der Waals surface area (Å²) in [6.07, 6.45) is 0. The molecular weight excluding hydrogens is 484 g/mol. The smallest absolute Gasteiger partial charge is 0.291 e. The molecule has 1 amide bonds. The van der Waals surface area contributed by atoms with E-state index in [1.807, 2.05) is 74.5 Å². The first-order valence-electron chi connectivity index (χ1n) is 11.9. The van der Waals surface area contributed by atoms with Crippen molar-refractivity contribution in [2.45, 2.75) is 20.5 Å². The molecule has 38 heavy (non-hydrogen) atoms. The number of carbonyl (C=O) groups excluding carboxylic acids is 1. The van der Waals surface area contributed by atoms with Crippen molar-refractivity contribution in [3.63, 3.8) is 0 Å². The van der Waals surface area contributed by atoms with Gasteiger partial charge in [0.2, 0.25) is 0 Å². The molecule has 5 aromatic rings. The Balaban J connectivity index is 1.28. The molecule has 1 aromatic heterocycles. The lowest BCUT2D eigenvalue weighted by Crippen LogP contribution is -2.11. The number of fused-ring (bicyclic) bond motifs is 1. The molecule has 5 rings (SSSR count). The fraction of sp³-hybridized carbons (Fsp3) is 0.100. The van der Waals surface area contributed by atoms with Crippen LogP contribution in [-0.4, -0.2) is 10.8 Å². The zero-order valence-corrected chi connectivity index (χ0v) is 20.8. The maximum atomic E-state index is 12.8. The van der Waals surface area contributed by atoms with Gasteiger partial charge in [-0.15, -0.1) is 0 Å². The first-order chi connectivity index (χ1) is 18.3. The monoisotopic (exact) mass is 508 g/mol. The first kappa shape index (κ1) is 24.6. The molecule has 0 spiro atoms. The Morgan fingerprint density at radius 3 is 2.34 bits per heavy atom. The van der Waals surface area contributed by atoms with E-state index in [1.54, 1.807) is 6.07 Å². The van der Waals surface area contributed by atoms with Gasteiger partial charge in [0, 0.05) is 12.1 Å². The number of furan rings is 1. The summed E-state index contributed by atoms with van der Waals surface area (Å²) in [5.74, 6) is 1.40. The summed E-state index contributed by atoms with van der Waals surface area (Å²) in [5, 5.41) is 16.3. The van der Waals surface area contributed by atoms with Crippen molar-refractivity contribution in [2.75, 3.05) is 5.32 Å². The van der Waals surface area contributed by atoms with Crippen molar-refractivity contribution in [2.24, 2.45) is 0 Å². The predicted octanol–water partition coefficient (Wildman–Crippen LogP) is 7.58. The minimum atomic E-state index is -0.556. The largest absolute Gasteiger partial charge is 0.486 e. The maximum absolute atomic E-state index is 12.8. The standard InChI is InChI=1S/C30H24N2O6/c1-19-11-20(2)13-27(12-19)37-28-16-23(15-24(17-28)32(34)35)31-30(33)29-10-9-26(38-29)18-36-25-8-7-21-5-3-4-6-22(21)14-25/h3-17H,18H2,1-2H3,(H,31,33). The lowest BCUT2D eigenvalue weighted by atomic mass is 10.1. The Kier molecular flexibility index (Phi) is 6.78. The highest BCUT2D eigenvalue weighted by molar-refractivity contribution is 6.02. The first-order valence-corrected chi connectivity index (χ1v) is 11.9. The molecule has 4 aromatic carbocycles. The van der Waals surface area contributed by atoms with Gasteiger partial charge in [0.05, 0.1) is 16.7 Å². The van der Waals surface area contributed by atoms with Crippen LogP contribution in [0.4, 0.5) is 11.4 Å². The van der Waals surface area contributed by atoms with Crippen LogP contribution in [0.3, 0.4) is 0 Å². The lowest BCUT2D eigenvalue weighted by molar-refractivity contribution is -0.384. The lowest BCUT2D eigenvalue weighted by Gasteiger charge is -2.10. The average Bonchev–Trinajstić information content (AvgIpc) is 3.36. The predicted molar refractivity (Wildman–Crippen MR) is 144 cm³/mol. The molecule has 0 aliphatic carbocycles. The van der Waals surface area contributed by atoms with Crippen LogP contribution in [0.5, 0.6) is 17.2 Å². The van der Waals surface area contributed by atoms with Crippen LogP contribution in [0.25, 0.3) is 10.8 Å². The summed E-state index contributed by atoms with van der Waals surface area (Å²) in [4.78, 5) is 23.8. The van der Waals surface area contributed by atoms with Crippen LogP contribution >= 0.6 is 0 Å². The van der Waals surface area contributed by atoms with Gasteiger partial charge in [0.1, 0.15) is 29.6 Å². The van der Waals surface area contributed by atoms with Gasteiger partial charge < -0.3 is 19.2 Å². The molecule has 8 heteroatoms. The van der Waals surface area contributed by atoms with Gasteiger partial charge in [-0.2, -0.15) is 0 Å². The van der Waals surface area contributed by atoms with Crippen LogP contribution in [-0.2, 0) is 6.61 Å². The molecule has 0 fully saturated rings. The second-order valence-electron chi connectivity index (χ2n) is 8.92. The van der Waals surface area contributed by atoms with Gasteiger partial charge in [-0.1, -0.05) is 36.4 Å². The SMILES string of the molecule is Cc1cc(C)cc(Oc2cc(NC(=O)c3ccc(COc4ccc5ccccc5c4)o3)cc([N+](=O)[O-])c2)c1. The van der Waals surface area contributed by atoms with Crippen molar-refractivity contribution in [3.8, 4) is 17.2 Å². The Labute approximate surface area is 218 Å². The highest BCUT2D eigenvalue weighted by atomic mass is 16.6. The van der Waals surface area contributed by atoms with Crippen LogP contribution < -0.4 is 14.8 Å². The molecule has 0 bridgehead atoms. The highest BCUT2D eigenvalue weighted by Crippen LogP contribution is 2.31. The summed E-state index contributed by atoms with van der Waals surface area (Å²) in [6.45, 7) is 4.00. The van der Waals surface area contributed by atoms with Crippen molar-refractivity contribution < 1.29 is 23.6 Å². The summed E-state index contributed by atoms with van der Waals surface area (Å²) in [6, 6.07) is 26.7. The zero-order chi connectivity index (χ0) is 26.6. The molecular formula is C30H24N2O6. The van der Waals surface area contributed by atoms with Crippen LogP contribution in [0, 0.1) is 24.0 Å². The molecule has 0 radical (unpaired) electrons. The molecule has 1 heterocycles. The second-order valence-corrected chi connectivity index (χ2v) is 8.92. The molecule has 0 unspecified atom stereocenters. The van der Waals surface area contributed by atoms with Gasteiger partial charge in [0.15, 0.2) is 5.76 Å². The minimum absolute atomic E-state index is 0.0467. The summed E-state index contributed by atoms with van der Waals surface area (Å²) in [7, 11) is 0. The van der Waals surface area contributed by atoms with Crippen molar-refractivity contribution in [1.29, 1.82) is 0 Å². The Morgan fingerprint density at radius 1 is 0.842 bits per heavy atom. The minimum Gasteiger partial charge on any atom is -0.486 e. The number of nitrogens with one attached hydrogen (secondary N) is 1. The van der Waals surface area contributed by atoms with Gasteiger partial charge in [0.25, 0.3) is 11.6 Å². The Bertz CT molecular complexity index is 1640. The van der Waals surface area contributed by atoms with Crippen LogP contribution in [0.2, 0.25) is 0 Å². The van der Waals surface area contributed by atoms with Gasteiger partial charge in [-0.05, 0) is 72.1 Å². The summed E-state index contributed by atoms with van der Waals surface area (Å²) < 4.78 is 17.3. The number of benzene rings is 4. The van der Waals surface area contributed by atoms with Crippen molar-refractivity contribution in [3.05, 3.63) is 124 Å². The van der Waals surface area contributed by atoms with E-state index >= 15 is 0 Å². The zero-order valence-electron chi connectivity index (χ0n) is 20.8. The number of nitrogens with zero attached hydrogens (tertiary/aromatic N) is 1. The van der Waals surface area contributed by atoms with Crippen molar-refractivity contribution in [1.82, 2.24) is 0 Å². The van der Waals surface area contributed by atoms with E-state index in [-0.39, 0.29) is 29.5 Å². The number of nitro groups is 1. The second kappa shape index (κ2) is 10.5. The third-order valence-electron chi connectivity index (χ3n) is 5.78. The molecule has 0 saturated heterocycles. The number of ether oxygens (including phenoxy) is 2. The van der Waals surface area contributed by atoms with Crippen molar-refractivity contribution >= 4 is 28.1 Å². The molecule has 190 valence electrons. The van der Waals surface area contributed by atoms with E-state index in [1.165, 1.54) is 24.3 Å². The highest BCUT2D eigenvalue weighted by Gasteiger charge is 2.16. The Hall–Kier alpha value is -5.11. The fourth-order valence-electron chi connectivity index (χ4n) is 4.13. The normalized spacial score (nSPS) is 10.8. The summed E-state index contributed by atoms with van der Waals surface area (Å²) in [5.41, 5.74) is 1.98. The molecule has 8 nitrogen and oxygen atoms in total. The quantitative estimate of drug-likeness (QED) is 0.171. The number of aryl methyl sites for hydroxylation is 2. The van der Waals surface area contributed by atoms with E-state index in [9.17, 15) is 14.9 Å². The number of anilines is 1. The number of rotatable bonds is 8. The number of hydrogen-bond donors (Lipinski definition) is 1. The van der Waals surface area contributed by atoms with Gasteiger partial charge >= 0.3 is 0 Å². The molecule has 0 aliphatic rings. The topological polar surface area (TPSA) is 104 Å². The summed E-state index contributed by atoms with van der Waals surface area (Å²) >= 11 is 0. The van der Waals surface area contributed by atoms with E-state index in [2.05, 4.69) is 5.32 Å². The van der Waals surface area contributed by atoms with Gasteiger partial charge in [-0.25, -0.2) is 0 Å². The fourth-order valence-corrected chi connectivity index (χ4v) is 4.13. The molecule has 0 aliphatic heterocycles. The number of amides is 1. The van der Waals surface area contributed by atoms with Crippen LogP contribution in [0.1, 0.15) is 27.4 Å². The third-order valence-corrected chi connectivity index (χ3v) is 5.78. The molecule has 1 N–H and O–H groups in total. The van der Waals surface area contributed by atoms with Crippen LogP contribution in [0.15, 0.2) is 95.4 Å². The van der Waals surface area contributed by atoms with E-state index in [0.29, 0.717) is 17.3 Å². The maximum Gasteiger partial charge on any atom is 0.291 e.